The van der Waals surface area contributed by atoms with Crippen molar-refractivity contribution in [1.29, 1.82) is 0 Å². The molecular weight excluding hydrogens is 240 g/mol. The monoisotopic (exact) mass is 266 g/mol. The van der Waals surface area contributed by atoms with E-state index < -0.39 is 0 Å². The summed E-state index contributed by atoms with van der Waals surface area (Å²) in [5, 5.41) is 7.50. The zero-order valence-electron chi connectivity index (χ0n) is 12.2. The highest BCUT2D eigenvalue weighted by Gasteiger charge is 2.19. The normalized spacial score (nSPS) is 17.2. The molecule has 0 unspecified atom stereocenters. The van der Waals surface area contributed by atoms with Gasteiger partial charge >= 0.3 is 0 Å². The van der Waals surface area contributed by atoms with Gasteiger partial charge in [-0.3, -0.25) is 4.90 Å². The van der Waals surface area contributed by atoms with Crippen LogP contribution in [0.1, 0.15) is 57.2 Å². The van der Waals surface area contributed by atoms with Gasteiger partial charge in [-0.2, -0.15) is 4.98 Å². The summed E-state index contributed by atoms with van der Waals surface area (Å²) < 4.78 is 5.47. The number of nitrogens with one attached hydrogen (secondary N) is 1. The maximum Gasteiger partial charge on any atom is 0.229 e. The van der Waals surface area contributed by atoms with Crippen LogP contribution in [0.5, 0.6) is 0 Å². The zero-order chi connectivity index (χ0) is 13.5. The van der Waals surface area contributed by atoms with Crippen LogP contribution in [0, 0.1) is 0 Å². The minimum Gasteiger partial charge on any atom is -0.339 e. The van der Waals surface area contributed by atoms with E-state index in [4.69, 9.17) is 4.52 Å². The van der Waals surface area contributed by atoms with E-state index in [2.05, 4.69) is 34.2 Å². The van der Waals surface area contributed by atoms with Gasteiger partial charge in [0.15, 0.2) is 5.82 Å². The lowest BCUT2D eigenvalue weighted by Crippen LogP contribution is -2.43. The Balaban J connectivity index is 1.92. The van der Waals surface area contributed by atoms with Crippen LogP contribution in [0.15, 0.2) is 4.52 Å². The second kappa shape index (κ2) is 7.60. The first-order valence-corrected chi connectivity index (χ1v) is 7.59. The molecule has 1 aliphatic heterocycles. The van der Waals surface area contributed by atoms with Crippen molar-refractivity contribution in [2.24, 2.45) is 0 Å². The Morgan fingerprint density at radius 1 is 1.21 bits per heavy atom. The van der Waals surface area contributed by atoms with Crippen molar-refractivity contribution in [1.82, 2.24) is 20.4 Å². The number of hydrogen-bond acceptors (Lipinski definition) is 5. The van der Waals surface area contributed by atoms with Gasteiger partial charge in [-0.15, -0.1) is 0 Å². The molecule has 1 fully saturated rings. The van der Waals surface area contributed by atoms with Crippen molar-refractivity contribution in [3.8, 4) is 0 Å². The molecule has 1 saturated heterocycles. The average Bonchev–Trinajstić information content (AvgIpc) is 2.88. The predicted octanol–water partition coefficient (Wildman–Crippen LogP) is 2.16. The van der Waals surface area contributed by atoms with Gasteiger partial charge in [-0.1, -0.05) is 31.8 Å². The number of rotatable bonds is 7. The van der Waals surface area contributed by atoms with Crippen molar-refractivity contribution in [3.05, 3.63) is 11.7 Å². The summed E-state index contributed by atoms with van der Waals surface area (Å²) in [5.41, 5.74) is 0. The van der Waals surface area contributed by atoms with E-state index in [1.165, 1.54) is 12.8 Å². The summed E-state index contributed by atoms with van der Waals surface area (Å²) in [6.07, 6.45) is 4.62. The fraction of sp³-hybridized carbons (Fsp3) is 0.857. The summed E-state index contributed by atoms with van der Waals surface area (Å²) >= 11 is 0. The molecular formula is C14H26N4O. The molecule has 5 nitrogen and oxygen atoms in total. The van der Waals surface area contributed by atoms with Gasteiger partial charge in [-0.05, 0) is 12.8 Å². The lowest BCUT2D eigenvalue weighted by atomic mass is 9.98. The molecule has 0 aromatic carbocycles. The van der Waals surface area contributed by atoms with Crippen molar-refractivity contribution in [3.63, 3.8) is 0 Å². The molecule has 0 spiro atoms. The number of nitrogens with zero attached hydrogens (tertiary/aromatic N) is 3. The number of hydrogen-bond donors (Lipinski definition) is 1. The third-order valence-electron chi connectivity index (χ3n) is 3.68. The van der Waals surface area contributed by atoms with Crippen LogP contribution >= 0.6 is 0 Å². The zero-order valence-corrected chi connectivity index (χ0v) is 12.2. The van der Waals surface area contributed by atoms with Gasteiger partial charge in [-0.25, -0.2) is 0 Å². The predicted molar refractivity (Wildman–Crippen MR) is 75.0 cm³/mol. The van der Waals surface area contributed by atoms with E-state index in [0.29, 0.717) is 5.92 Å². The third-order valence-corrected chi connectivity index (χ3v) is 3.68. The summed E-state index contributed by atoms with van der Waals surface area (Å²) in [6.45, 7) is 9.48. The van der Waals surface area contributed by atoms with Crippen LogP contribution in [0.4, 0.5) is 0 Å². The minimum absolute atomic E-state index is 0.444. The molecule has 0 saturated carbocycles. The Morgan fingerprint density at radius 2 is 1.89 bits per heavy atom. The van der Waals surface area contributed by atoms with Gasteiger partial charge in [0, 0.05) is 32.1 Å². The van der Waals surface area contributed by atoms with Crippen LogP contribution in [-0.4, -0.2) is 41.2 Å². The minimum atomic E-state index is 0.444. The number of piperazine rings is 1. The van der Waals surface area contributed by atoms with Crippen molar-refractivity contribution < 1.29 is 4.52 Å². The number of aromatic nitrogens is 2. The quantitative estimate of drug-likeness (QED) is 0.819. The van der Waals surface area contributed by atoms with Gasteiger partial charge in [0.2, 0.25) is 5.89 Å². The van der Waals surface area contributed by atoms with Gasteiger partial charge in [0.1, 0.15) is 0 Å². The second-order valence-corrected chi connectivity index (χ2v) is 5.35. The Labute approximate surface area is 115 Å². The van der Waals surface area contributed by atoms with E-state index >= 15 is 0 Å². The van der Waals surface area contributed by atoms with Crippen LogP contribution in [-0.2, 0) is 6.54 Å². The molecule has 1 aliphatic rings. The lowest BCUT2D eigenvalue weighted by molar-refractivity contribution is 0.224. The molecule has 0 bridgehead atoms. The van der Waals surface area contributed by atoms with Crippen LogP contribution < -0.4 is 5.32 Å². The van der Waals surface area contributed by atoms with Crippen LogP contribution in [0.2, 0.25) is 0 Å². The topological polar surface area (TPSA) is 54.2 Å². The summed E-state index contributed by atoms with van der Waals surface area (Å²) in [6, 6.07) is 0. The summed E-state index contributed by atoms with van der Waals surface area (Å²) in [5.74, 6) is 2.13. The standard InChI is InChI=1S/C14H26N4O/c1-3-5-12(6-4-2)14-16-13(17-19-14)11-18-9-7-15-8-10-18/h12,15H,3-11H2,1-2H3. The SMILES string of the molecule is CCCC(CCC)c1nc(CN2CCNCC2)no1. The molecule has 1 aromatic heterocycles. The van der Waals surface area contributed by atoms with Crippen molar-refractivity contribution in [2.75, 3.05) is 26.2 Å². The van der Waals surface area contributed by atoms with Crippen molar-refractivity contribution in [2.45, 2.75) is 52.0 Å². The molecule has 0 amide bonds. The summed E-state index contributed by atoms with van der Waals surface area (Å²) in [4.78, 5) is 6.98. The van der Waals surface area contributed by atoms with E-state index in [0.717, 1.165) is 57.3 Å². The smallest absolute Gasteiger partial charge is 0.229 e. The van der Waals surface area contributed by atoms with Gasteiger partial charge in [0.25, 0.3) is 0 Å². The van der Waals surface area contributed by atoms with Crippen LogP contribution in [0.25, 0.3) is 0 Å². The fourth-order valence-corrected chi connectivity index (χ4v) is 2.65. The Bertz CT molecular complexity index is 354. The molecule has 1 N–H and O–H groups in total. The highest BCUT2D eigenvalue weighted by Crippen LogP contribution is 2.24. The largest absolute Gasteiger partial charge is 0.339 e. The molecule has 108 valence electrons. The van der Waals surface area contributed by atoms with Crippen molar-refractivity contribution >= 4 is 0 Å². The van der Waals surface area contributed by atoms with E-state index in [-0.39, 0.29) is 0 Å². The Morgan fingerprint density at radius 3 is 2.53 bits per heavy atom. The van der Waals surface area contributed by atoms with E-state index in [1.54, 1.807) is 0 Å². The Hall–Kier alpha value is -0.940. The second-order valence-electron chi connectivity index (χ2n) is 5.35. The average molecular weight is 266 g/mol. The molecule has 1 aromatic rings. The first-order chi connectivity index (χ1) is 9.33. The summed E-state index contributed by atoms with van der Waals surface area (Å²) in [7, 11) is 0. The fourth-order valence-electron chi connectivity index (χ4n) is 2.65. The van der Waals surface area contributed by atoms with Crippen LogP contribution in [0.3, 0.4) is 0 Å². The molecule has 5 heteroatoms. The first kappa shape index (κ1) is 14.5. The highest BCUT2D eigenvalue weighted by molar-refractivity contribution is 4.94. The van der Waals surface area contributed by atoms with E-state index in [9.17, 15) is 0 Å². The molecule has 19 heavy (non-hydrogen) atoms. The Kier molecular flexibility index (Phi) is 5.79. The maximum atomic E-state index is 5.47. The van der Waals surface area contributed by atoms with Gasteiger partial charge in [0.05, 0.1) is 6.54 Å². The molecule has 2 rings (SSSR count). The molecule has 0 radical (unpaired) electrons. The lowest BCUT2D eigenvalue weighted by Gasteiger charge is -2.25. The van der Waals surface area contributed by atoms with E-state index in [1.807, 2.05) is 0 Å². The molecule has 2 heterocycles. The molecule has 0 atom stereocenters. The molecule has 0 aliphatic carbocycles. The van der Waals surface area contributed by atoms with Gasteiger partial charge < -0.3 is 9.84 Å². The third kappa shape index (κ3) is 4.28. The first-order valence-electron chi connectivity index (χ1n) is 7.59. The highest BCUT2D eigenvalue weighted by atomic mass is 16.5. The maximum absolute atomic E-state index is 5.47.